The Kier molecular flexibility index (Phi) is 8.31. The van der Waals surface area contributed by atoms with Crippen molar-refractivity contribution in [1.29, 1.82) is 0 Å². The summed E-state index contributed by atoms with van der Waals surface area (Å²) < 4.78 is 17.7. The van der Waals surface area contributed by atoms with Crippen LogP contribution in [0.3, 0.4) is 0 Å². The fourth-order valence-electron chi connectivity index (χ4n) is 5.73. The number of quaternary nitrogens is 1. The van der Waals surface area contributed by atoms with Gasteiger partial charge in [0.1, 0.15) is 12.3 Å². The maximum atomic E-state index is 13.3. The number of methoxy groups -OCH3 is 2. The number of hydrogen-bond acceptors (Lipinski definition) is 5. The number of amides is 1. The first kappa shape index (κ1) is 25.8. The summed E-state index contributed by atoms with van der Waals surface area (Å²) in [4.78, 5) is 26.2. The number of carbonyl (C=O) groups is 2. The van der Waals surface area contributed by atoms with Gasteiger partial charge in [0, 0.05) is 17.9 Å². The molecule has 36 heavy (non-hydrogen) atoms. The molecule has 0 saturated carbocycles. The number of rotatable bonds is 8. The van der Waals surface area contributed by atoms with Gasteiger partial charge in [0.2, 0.25) is 0 Å². The zero-order valence-electron chi connectivity index (χ0n) is 21.5. The van der Waals surface area contributed by atoms with E-state index in [1.807, 2.05) is 6.07 Å². The molecule has 192 valence electrons. The zero-order chi connectivity index (χ0) is 25.5. The second kappa shape index (κ2) is 11.6. The number of carbonyl (C=O) groups excluding carboxylic acids is 2. The van der Waals surface area contributed by atoms with Crippen molar-refractivity contribution in [2.24, 2.45) is 5.92 Å². The van der Waals surface area contributed by atoms with E-state index >= 15 is 0 Å². The van der Waals surface area contributed by atoms with Crippen molar-refractivity contribution >= 4 is 18.0 Å². The lowest BCUT2D eigenvalue weighted by atomic mass is 9.82. The highest BCUT2D eigenvalue weighted by Crippen LogP contribution is 2.36. The largest absolute Gasteiger partial charge is 0.493 e. The van der Waals surface area contributed by atoms with E-state index in [-0.39, 0.29) is 11.6 Å². The van der Waals surface area contributed by atoms with Gasteiger partial charge in [0.25, 0.3) is 5.91 Å². The van der Waals surface area contributed by atoms with Gasteiger partial charge in [-0.1, -0.05) is 24.3 Å². The van der Waals surface area contributed by atoms with Crippen LogP contribution in [0.2, 0.25) is 0 Å². The minimum atomic E-state index is -0.537. The molecule has 2 aromatic carbocycles. The number of fused-ring (bicyclic) bond motifs is 1. The molecule has 0 bridgehead atoms. The lowest BCUT2D eigenvalue weighted by Crippen LogP contribution is -2.61. The van der Waals surface area contributed by atoms with Gasteiger partial charge in [-0.25, -0.2) is 4.79 Å². The fraction of sp³-hybridized carbons (Fsp3) is 0.448. The molecule has 0 aliphatic carbocycles. The van der Waals surface area contributed by atoms with Gasteiger partial charge in [-0.05, 0) is 61.6 Å². The molecule has 2 heterocycles. The Bertz CT molecular complexity index is 1100. The van der Waals surface area contributed by atoms with Crippen LogP contribution in [0.4, 0.5) is 0 Å². The Morgan fingerprint density at radius 2 is 1.72 bits per heavy atom. The summed E-state index contributed by atoms with van der Waals surface area (Å²) in [6.45, 7) is 2.77. The third-order valence-corrected chi connectivity index (χ3v) is 7.66. The molecule has 2 aliphatic heterocycles. The molecule has 3 atom stereocenters. The molecule has 0 aromatic heterocycles. The van der Waals surface area contributed by atoms with Crippen molar-refractivity contribution in [3.8, 4) is 11.5 Å². The van der Waals surface area contributed by atoms with Crippen LogP contribution in [0.5, 0.6) is 11.5 Å². The molecule has 2 saturated heterocycles. The summed E-state index contributed by atoms with van der Waals surface area (Å²) in [6, 6.07) is 14.7. The second-order valence-corrected chi connectivity index (χ2v) is 9.98. The number of benzene rings is 2. The van der Waals surface area contributed by atoms with Crippen molar-refractivity contribution < 1.29 is 28.3 Å². The summed E-state index contributed by atoms with van der Waals surface area (Å²) >= 11 is 0. The Morgan fingerprint density at radius 3 is 2.47 bits per heavy atom. The minimum Gasteiger partial charge on any atom is -0.493 e. The zero-order valence-corrected chi connectivity index (χ0v) is 21.5. The Balaban J connectivity index is 1.54. The van der Waals surface area contributed by atoms with Crippen LogP contribution in [0.15, 0.2) is 54.2 Å². The lowest BCUT2D eigenvalue weighted by molar-refractivity contribution is -0.947. The van der Waals surface area contributed by atoms with E-state index in [4.69, 9.17) is 14.2 Å². The predicted octanol–water partition coefficient (Wildman–Crippen LogP) is 4.43. The van der Waals surface area contributed by atoms with Gasteiger partial charge in [-0.2, -0.15) is 0 Å². The van der Waals surface area contributed by atoms with Crippen molar-refractivity contribution in [3.05, 3.63) is 65.4 Å². The molecular weight excluding hydrogens is 456 g/mol. The van der Waals surface area contributed by atoms with Crippen molar-refractivity contribution in [2.75, 3.05) is 41.0 Å². The second-order valence-electron chi connectivity index (χ2n) is 9.98. The maximum absolute atomic E-state index is 13.3. The van der Waals surface area contributed by atoms with E-state index in [0.717, 1.165) is 17.3 Å². The van der Waals surface area contributed by atoms with Crippen molar-refractivity contribution in [1.82, 2.24) is 5.32 Å². The van der Waals surface area contributed by atoms with Crippen LogP contribution in [0.25, 0.3) is 6.08 Å². The van der Waals surface area contributed by atoms with Gasteiger partial charge in [-0.3, -0.25) is 4.79 Å². The Morgan fingerprint density at radius 1 is 0.972 bits per heavy atom. The molecule has 1 amide bonds. The van der Waals surface area contributed by atoms with E-state index in [9.17, 15) is 9.59 Å². The topological polar surface area (TPSA) is 73.9 Å². The average Bonchev–Trinajstić information content (AvgIpc) is 2.91. The van der Waals surface area contributed by atoms with E-state index in [2.05, 4.69) is 12.4 Å². The van der Waals surface area contributed by atoms with Crippen LogP contribution in [0.1, 0.15) is 48.0 Å². The highest BCUT2D eigenvalue weighted by molar-refractivity contribution is 6.03. The number of ether oxygens (including phenoxy) is 3. The fourth-order valence-corrected chi connectivity index (χ4v) is 5.73. The molecule has 4 rings (SSSR count). The van der Waals surface area contributed by atoms with E-state index in [1.165, 1.54) is 32.4 Å². The van der Waals surface area contributed by atoms with Gasteiger partial charge in [0.15, 0.2) is 11.5 Å². The highest BCUT2D eigenvalue weighted by atomic mass is 16.5. The molecular formula is C29H37N2O5+. The predicted molar refractivity (Wildman–Crippen MR) is 139 cm³/mol. The lowest BCUT2D eigenvalue weighted by Gasteiger charge is -2.51. The van der Waals surface area contributed by atoms with E-state index in [1.54, 1.807) is 62.8 Å². The average molecular weight is 494 g/mol. The van der Waals surface area contributed by atoms with Crippen LogP contribution in [0, 0.1) is 5.92 Å². The number of hydrogen-bond donors (Lipinski definition) is 1. The van der Waals surface area contributed by atoms with E-state index in [0.29, 0.717) is 41.2 Å². The molecule has 2 aromatic rings. The summed E-state index contributed by atoms with van der Waals surface area (Å²) in [6.07, 6.45) is 7.51. The quantitative estimate of drug-likeness (QED) is 0.335. The Labute approximate surface area is 213 Å². The van der Waals surface area contributed by atoms with Gasteiger partial charge < -0.3 is 24.0 Å². The normalized spacial score (nSPS) is 23.8. The molecule has 0 radical (unpaired) electrons. The molecule has 0 spiro atoms. The van der Waals surface area contributed by atoms with E-state index < -0.39 is 5.97 Å². The molecule has 1 unspecified atom stereocenters. The van der Waals surface area contributed by atoms with Crippen LogP contribution in [-0.2, 0) is 9.53 Å². The maximum Gasteiger partial charge on any atom is 0.354 e. The third-order valence-electron chi connectivity index (χ3n) is 7.66. The summed E-state index contributed by atoms with van der Waals surface area (Å²) in [5.41, 5.74) is 1.24. The summed E-state index contributed by atoms with van der Waals surface area (Å²) in [7, 11) is 5.47. The van der Waals surface area contributed by atoms with Crippen LogP contribution < -0.4 is 14.8 Å². The Hall–Kier alpha value is -3.32. The van der Waals surface area contributed by atoms with Crippen molar-refractivity contribution in [2.45, 2.75) is 38.1 Å². The number of nitrogens with zero attached hydrogens (tertiary/aromatic N) is 1. The number of esters is 1. The van der Waals surface area contributed by atoms with Crippen molar-refractivity contribution in [3.63, 3.8) is 0 Å². The smallest absolute Gasteiger partial charge is 0.354 e. The number of nitrogens with one attached hydrogen (secondary N) is 1. The molecule has 2 fully saturated rings. The SMILES string of the molecule is COc1ccc(/C=C(/NC(=O)c2ccccc2)C(=O)OC[C@@H]2CCC[N+]3(C)CCCC[C@H]23)cc1OC. The monoisotopic (exact) mass is 493 g/mol. The summed E-state index contributed by atoms with van der Waals surface area (Å²) in [5.74, 6) is 0.543. The van der Waals surface area contributed by atoms with Gasteiger partial charge in [0.05, 0.1) is 40.4 Å². The molecule has 7 nitrogen and oxygen atoms in total. The first-order valence-electron chi connectivity index (χ1n) is 12.7. The molecule has 1 N–H and O–H groups in total. The van der Waals surface area contributed by atoms with Gasteiger partial charge in [-0.15, -0.1) is 0 Å². The van der Waals surface area contributed by atoms with Crippen LogP contribution >= 0.6 is 0 Å². The standard InChI is InChI=1S/C29H36N2O5/c1-31-16-8-7-13-25(31)23(12-9-17-31)20-36-29(33)24(30-28(32)22-10-5-4-6-11-22)18-21-14-15-26(34-2)27(19-21)35-3/h4-6,10-11,14-15,18-19,23,25H,7-9,12-13,16-17,20H2,1-3H3/p+1/b24-18+/t23-,25+,31?/m0/s1. The summed E-state index contributed by atoms with van der Waals surface area (Å²) in [5, 5.41) is 2.77. The highest BCUT2D eigenvalue weighted by Gasteiger charge is 2.44. The number of piperidine rings is 2. The van der Waals surface area contributed by atoms with Gasteiger partial charge >= 0.3 is 5.97 Å². The molecule has 2 aliphatic rings. The van der Waals surface area contributed by atoms with Crippen LogP contribution in [-0.4, -0.2) is 63.4 Å². The third kappa shape index (κ3) is 5.90. The first-order valence-corrected chi connectivity index (χ1v) is 12.7. The molecule has 7 heteroatoms. The first-order chi connectivity index (χ1) is 17.4. The minimum absolute atomic E-state index is 0.0905.